The van der Waals surface area contributed by atoms with Gasteiger partial charge in [-0.1, -0.05) is 6.92 Å². The lowest BCUT2D eigenvalue weighted by Gasteiger charge is -2.05. The number of carbonyl (C=O) groups is 2. The van der Waals surface area contributed by atoms with Crippen LogP contribution in [0.3, 0.4) is 0 Å². The average molecular weight is 233 g/mol. The molecular formula is C11H8FN3O2. The van der Waals surface area contributed by atoms with Gasteiger partial charge in [-0.15, -0.1) is 0 Å². The number of amides is 2. The number of rotatable bonds is 1. The van der Waals surface area contributed by atoms with E-state index in [2.05, 4.69) is 15.3 Å². The summed E-state index contributed by atoms with van der Waals surface area (Å²) in [6, 6.07) is 0. The number of imide groups is 1. The molecule has 0 fully saturated rings. The van der Waals surface area contributed by atoms with Gasteiger partial charge < -0.3 is 4.98 Å². The molecule has 0 unspecified atom stereocenters. The van der Waals surface area contributed by atoms with Gasteiger partial charge in [-0.2, -0.15) is 0 Å². The number of nitrogens with one attached hydrogen (secondary N) is 2. The van der Waals surface area contributed by atoms with Crippen molar-refractivity contribution in [2.45, 2.75) is 13.3 Å². The molecular weight excluding hydrogens is 225 g/mol. The summed E-state index contributed by atoms with van der Waals surface area (Å²) in [5.41, 5.74) is 0.943. The molecule has 1 aliphatic rings. The van der Waals surface area contributed by atoms with E-state index in [1.165, 1.54) is 6.33 Å². The molecule has 1 aromatic carbocycles. The number of hydrogen-bond donors (Lipinski definition) is 2. The van der Waals surface area contributed by atoms with Gasteiger partial charge in [0, 0.05) is 5.56 Å². The van der Waals surface area contributed by atoms with Crippen molar-refractivity contribution in [1.29, 1.82) is 0 Å². The Morgan fingerprint density at radius 3 is 2.71 bits per heavy atom. The van der Waals surface area contributed by atoms with Crippen LogP contribution in [0.1, 0.15) is 33.2 Å². The van der Waals surface area contributed by atoms with Crippen molar-refractivity contribution in [3.63, 3.8) is 0 Å². The number of H-pyrrole nitrogens is 1. The molecule has 2 aromatic rings. The number of halogens is 1. The van der Waals surface area contributed by atoms with Gasteiger partial charge >= 0.3 is 0 Å². The first-order valence-corrected chi connectivity index (χ1v) is 5.18. The smallest absolute Gasteiger partial charge is 0.261 e. The number of aromatic amines is 1. The molecule has 1 aliphatic heterocycles. The fraction of sp³-hybridized carbons (Fsp3) is 0.182. The van der Waals surface area contributed by atoms with E-state index in [9.17, 15) is 14.0 Å². The summed E-state index contributed by atoms with van der Waals surface area (Å²) in [7, 11) is 0. The predicted molar refractivity (Wildman–Crippen MR) is 57.2 cm³/mol. The SMILES string of the molecule is CCc1c2c(c3[nH]cnc3c1F)C(=O)NC2=O. The van der Waals surface area contributed by atoms with Crippen molar-refractivity contribution < 1.29 is 14.0 Å². The number of carbonyl (C=O) groups excluding carboxylic acids is 2. The Labute approximate surface area is 95.0 Å². The maximum Gasteiger partial charge on any atom is 0.261 e. The topological polar surface area (TPSA) is 74.8 Å². The lowest BCUT2D eigenvalue weighted by atomic mass is 9.98. The van der Waals surface area contributed by atoms with E-state index >= 15 is 0 Å². The third-order valence-electron chi connectivity index (χ3n) is 2.95. The first kappa shape index (κ1) is 9.95. The molecule has 1 aromatic heterocycles. The molecule has 0 radical (unpaired) electrons. The second-order valence-electron chi connectivity index (χ2n) is 3.81. The van der Waals surface area contributed by atoms with Crippen LogP contribution in [0.2, 0.25) is 0 Å². The summed E-state index contributed by atoms with van der Waals surface area (Å²) in [6.07, 6.45) is 1.64. The molecule has 6 heteroatoms. The molecule has 0 bridgehead atoms. The average Bonchev–Trinajstić information content (AvgIpc) is 2.86. The molecule has 17 heavy (non-hydrogen) atoms. The molecule has 0 atom stereocenters. The highest BCUT2D eigenvalue weighted by Crippen LogP contribution is 2.30. The number of imidazole rings is 1. The van der Waals surface area contributed by atoms with Gasteiger partial charge in [0.25, 0.3) is 11.8 Å². The van der Waals surface area contributed by atoms with Crippen LogP contribution in [-0.4, -0.2) is 21.8 Å². The Morgan fingerprint density at radius 1 is 1.29 bits per heavy atom. The molecule has 3 rings (SSSR count). The van der Waals surface area contributed by atoms with Crippen LogP contribution in [0.5, 0.6) is 0 Å². The van der Waals surface area contributed by atoms with E-state index in [0.717, 1.165) is 0 Å². The van der Waals surface area contributed by atoms with Crippen molar-refractivity contribution >= 4 is 22.8 Å². The monoisotopic (exact) mass is 233 g/mol. The Balaban J connectivity index is 2.56. The Hall–Kier alpha value is -2.24. The number of fused-ring (bicyclic) bond motifs is 3. The summed E-state index contributed by atoms with van der Waals surface area (Å²) in [6.45, 7) is 1.73. The normalized spacial score (nSPS) is 14.2. The molecule has 0 saturated carbocycles. The van der Waals surface area contributed by atoms with Gasteiger partial charge in [0.15, 0.2) is 5.82 Å². The maximum absolute atomic E-state index is 14.1. The Morgan fingerprint density at radius 2 is 2.00 bits per heavy atom. The molecule has 0 saturated heterocycles. The number of hydrogen-bond acceptors (Lipinski definition) is 3. The van der Waals surface area contributed by atoms with E-state index in [1.54, 1.807) is 6.92 Å². The largest absolute Gasteiger partial charge is 0.344 e. The molecule has 0 aliphatic carbocycles. The zero-order valence-electron chi connectivity index (χ0n) is 8.93. The van der Waals surface area contributed by atoms with E-state index in [-0.39, 0.29) is 27.7 Å². The highest BCUT2D eigenvalue weighted by molar-refractivity contribution is 6.26. The number of nitrogens with zero attached hydrogens (tertiary/aromatic N) is 1. The molecule has 0 spiro atoms. The summed E-state index contributed by atoms with van der Waals surface area (Å²) in [5, 5.41) is 2.17. The summed E-state index contributed by atoms with van der Waals surface area (Å²) >= 11 is 0. The lowest BCUT2D eigenvalue weighted by Crippen LogP contribution is -2.20. The quantitative estimate of drug-likeness (QED) is 0.725. The van der Waals surface area contributed by atoms with Crippen LogP contribution in [0.15, 0.2) is 6.33 Å². The predicted octanol–water partition coefficient (Wildman–Crippen LogP) is 1.15. The highest BCUT2D eigenvalue weighted by atomic mass is 19.1. The second kappa shape index (κ2) is 3.13. The minimum absolute atomic E-state index is 0.102. The standard InChI is InChI=1S/C11H8FN3O2/c1-2-4-5-6(11(17)15-10(5)16)8-9(7(4)12)14-3-13-8/h3H,2H2,1H3,(H,13,14)(H,15,16,17). The molecule has 2 N–H and O–H groups in total. The molecule has 5 nitrogen and oxygen atoms in total. The summed E-state index contributed by atoms with van der Waals surface area (Å²) < 4.78 is 14.1. The number of benzene rings is 1. The van der Waals surface area contributed by atoms with Gasteiger partial charge in [-0.3, -0.25) is 14.9 Å². The van der Waals surface area contributed by atoms with Crippen molar-refractivity contribution in [3.8, 4) is 0 Å². The molecule has 2 heterocycles. The van der Waals surface area contributed by atoms with Gasteiger partial charge in [0.2, 0.25) is 0 Å². The number of aromatic nitrogens is 2. The van der Waals surface area contributed by atoms with Crippen LogP contribution >= 0.6 is 0 Å². The Kier molecular flexibility index (Phi) is 1.83. The zero-order valence-corrected chi connectivity index (χ0v) is 8.93. The van der Waals surface area contributed by atoms with Crippen molar-refractivity contribution in [1.82, 2.24) is 15.3 Å². The minimum atomic E-state index is -0.544. The van der Waals surface area contributed by atoms with Gasteiger partial charge in [0.1, 0.15) is 5.52 Å². The van der Waals surface area contributed by atoms with Gasteiger partial charge in [-0.05, 0) is 6.42 Å². The van der Waals surface area contributed by atoms with Crippen molar-refractivity contribution in [2.24, 2.45) is 0 Å². The van der Waals surface area contributed by atoms with Crippen LogP contribution in [-0.2, 0) is 6.42 Å². The van der Waals surface area contributed by atoms with Gasteiger partial charge in [-0.25, -0.2) is 9.37 Å². The lowest BCUT2D eigenvalue weighted by molar-refractivity contribution is 0.0879. The molecule has 2 amide bonds. The van der Waals surface area contributed by atoms with Crippen LogP contribution in [0.25, 0.3) is 11.0 Å². The highest BCUT2D eigenvalue weighted by Gasteiger charge is 2.34. The fourth-order valence-corrected chi connectivity index (χ4v) is 2.22. The molecule has 86 valence electrons. The van der Waals surface area contributed by atoms with E-state index in [4.69, 9.17) is 0 Å². The van der Waals surface area contributed by atoms with Crippen LogP contribution in [0, 0.1) is 5.82 Å². The fourth-order valence-electron chi connectivity index (χ4n) is 2.22. The third-order valence-corrected chi connectivity index (χ3v) is 2.95. The van der Waals surface area contributed by atoms with Gasteiger partial charge in [0.05, 0.1) is 23.0 Å². The third kappa shape index (κ3) is 1.09. The maximum atomic E-state index is 14.1. The zero-order chi connectivity index (χ0) is 12.2. The van der Waals surface area contributed by atoms with Crippen LogP contribution in [0.4, 0.5) is 4.39 Å². The van der Waals surface area contributed by atoms with E-state index < -0.39 is 17.6 Å². The summed E-state index contributed by atoms with van der Waals surface area (Å²) in [5.74, 6) is -1.58. The summed E-state index contributed by atoms with van der Waals surface area (Å²) in [4.78, 5) is 29.8. The van der Waals surface area contributed by atoms with E-state index in [0.29, 0.717) is 6.42 Å². The van der Waals surface area contributed by atoms with E-state index in [1.807, 2.05) is 0 Å². The first-order valence-electron chi connectivity index (χ1n) is 5.18. The minimum Gasteiger partial charge on any atom is -0.344 e. The Bertz CT molecular complexity index is 675. The van der Waals surface area contributed by atoms with Crippen molar-refractivity contribution in [3.05, 3.63) is 28.8 Å². The first-order chi connectivity index (χ1) is 8.15. The second-order valence-corrected chi connectivity index (χ2v) is 3.81. The van der Waals surface area contributed by atoms with Crippen LogP contribution < -0.4 is 5.32 Å². The van der Waals surface area contributed by atoms with Crippen molar-refractivity contribution in [2.75, 3.05) is 0 Å².